The second-order valence-corrected chi connectivity index (χ2v) is 8.38. The lowest BCUT2D eigenvalue weighted by Gasteiger charge is -2.40. The van der Waals surface area contributed by atoms with Gasteiger partial charge in [0, 0.05) is 28.6 Å². The Labute approximate surface area is 190 Å². The molecule has 1 aliphatic rings. The smallest absolute Gasteiger partial charge is 0.138 e. The van der Waals surface area contributed by atoms with E-state index in [1.807, 2.05) is 12.1 Å². The van der Waals surface area contributed by atoms with Crippen molar-refractivity contribution in [2.45, 2.75) is 25.2 Å². The molecule has 0 radical (unpaired) electrons. The highest BCUT2D eigenvalue weighted by Crippen LogP contribution is 2.30. The van der Waals surface area contributed by atoms with Gasteiger partial charge in [0.2, 0.25) is 0 Å². The zero-order chi connectivity index (χ0) is 19.4. The summed E-state index contributed by atoms with van der Waals surface area (Å²) in [6.45, 7) is 4.18. The van der Waals surface area contributed by atoms with E-state index in [1.54, 1.807) is 18.2 Å². The average molecular weight is 512 g/mol. The largest absolute Gasteiger partial charge is 0.489 e. The third-order valence-corrected chi connectivity index (χ3v) is 5.72. The second kappa shape index (κ2) is 11.0. The molecule has 0 saturated carbocycles. The molecule has 154 valence electrons. The normalized spacial score (nSPS) is 21.0. The number of aliphatic hydroxyl groups is 1. The third kappa shape index (κ3) is 6.23. The number of halogens is 4. The maximum atomic E-state index is 10.4. The lowest BCUT2D eigenvalue weighted by Crippen LogP contribution is -2.49. The minimum atomic E-state index is -0.636. The highest BCUT2D eigenvalue weighted by Gasteiger charge is 2.31. The maximum absolute atomic E-state index is 10.4. The Balaban J connectivity index is 0.00000280. The number of benzene rings is 2. The van der Waals surface area contributed by atoms with Crippen LogP contribution in [0.15, 0.2) is 46.9 Å². The summed E-state index contributed by atoms with van der Waals surface area (Å²) in [5, 5.41) is 11.4. The van der Waals surface area contributed by atoms with Crippen LogP contribution in [0.2, 0.25) is 10.0 Å². The highest BCUT2D eigenvalue weighted by atomic mass is 79.9. The Hall–Kier alpha value is -0.530. The number of rotatable bonds is 6. The van der Waals surface area contributed by atoms with Crippen LogP contribution in [0.3, 0.4) is 0 Å². The van der Waals surface area contributed by atoms with Crippen LogP contribution in [0.1, 0.15) is 18.6 Å². The summed E-state index contributed by atoms with van der Waals surface area (Å²) in [5.74, 6) is 0.517. The number of hydrogen-bond donors (Lipinski definition) is 1. The number of ether oxygens (including phenoxy) is 2. The fraction of sp³-hybridized carbons (Fsp3) is 0.400. The monoisotopic (exact) mass is 509 g/mol. The van der Waals surface area contributed by atoms with Crippen molar-refractivity contribution in [3.8, 4) is 5.75 Å². The van der Waals surface area contributed by atoms with E-state index in [1.165, 1.54) is 0 Å². The molecule has 1 N–H and O–H groups in total. The molecule has 3 unspecified atom stereocenters. The summed E-state index contributed by atoms with van der Waals surface area (Å²) in [6.07, 6.45) is -0.659. The SMILES string of the molecule is CC1C(c2ccc(Br)cc2)OCCN1CC(O)COc1ccc(Cl)cc1Cl.Cl. The van der Waals surface area contributed by atoms with Crippen LogP contribution in [0.5, 0.6) is 5.75 Å². The molecule has 2 aromatic rings. The van der Waals surface area contributed by atoms with Crippen LogP contribution >= 0.6 is 51.5 Å². The van der Waals surface area contributed by atoms with Crippen LogP contribution in [0.4, 0.5) is 0 Å². The van der Waals surface area contributed by atoms with E-state index in [9.17, 15) is 5.11 Å². The maximum Gasteiger partial charge on any atom is 0.138 e. The van der Waals surface area contributed by atoms with Gasteiger partial charge in [-0.05, 0) is 42.8 Å². The summed E-state index contributed by atoms with van der Waals surface area (Å²) in [5.41, 5.74) is 1.13. The van der Waals surface area contributed by atoms with Gasteiger partial charge in [0.1, 0.15) is 18.5 Å². The van der Waals surface area contributed by atoms with E-state index in [0.717, 1.165) is 16.6 Å². The van der Waals surface area contributed by atoms with Crippen molar-refractivity contribution < 1.29 is 14.6 Å². The minimum absolute atomic E-state index is 0. The molecule has 0 amide bonds. The van der Waals surface area contributed by atoms with Crippen molar-refractivity contribution in [1.29, 1.82) is 0 Å². The number of aliphatic hydroxyl groups excluding tert-OH is 1. The average Bonchev–Trinajstić information content (AvgIpc) is 2.64. The molecular weight excluding hydrogens is 488 g/mol. The van der Waals surface area contributed by atoms with Gasteiger partial charge in [0.15, 0.2) is 0 Å². The molecule has 0 spiro atoms. The van der Waals surface area contributed by atoms with E-state index < -0.39 is 6.10 Å². The molecular formula is C20H23BrCl3NO3. The zero-order valence-electron chi connectivity index (χ0n) is 15.4. The number of β-amino-alcohol motifs (C(OH)–C–C–N with tert-alkyl or cyclic N) is 1. The Morgan fingerprint density at radius 3 is 2.64 bits per heavy atom. The fourth-order valence-electron chi connectivity index (χ4n) is 3.22. The van der Waals surface area contributed by atoms with Crippen molar-refractivity contribution in [3.05, 3.63) is 62.5 Å². The van der Waals surface area contributed by atoms with E-state index in [0.29, 0.717) is 28.9 Å². The second-order valence-electron chi connectivity index (χ2n) is 6.62. The molecule has 1 saturated heterocycles. The van der Waals surface area contributed by atoms with E-state index in [2.05, 4.69) is 39.9 Å². The first-order chi connectivity index (χ1) is 12.9. The van der Waals surface area contributed by atoms with Crippen LogP contribution < -0.4 is 4.74 Å². The molecule has 1 fully saturated rings. The van der Waals surface area contributed by atoms with Gasteiger partial charge in [-0.15, -0.1) is 12.4 Å². The quantitative estimate of drug-likeness (QED) is 0.566. The highest BCUT2D eigenvalue weighted by molar-refractivity contribution is 9.10. The van der Waals surface area contributed by atoms with Crippen LogP contribution in [-0.4, -0.2) is 48.5 Å². The molecule has 8 heteroatoms. The molecule has 1 aliphatic heterocycles. The first-order valence-electron chi connectivity index (χ1n) is 8.81. The molecule has 3 atom stereocenters. The molecule has 0 bridgehead atoms. The van der Waals surface area contributed by atoms with Crippen molar-refractivity contribution in [2.75, 3.05) is 26.3 Å². The van der Waals surface area contributed by atoms with E-state index >= 15 is 0 Å². The van der Waals surface area contributed by atoms with Gasteiger partial charge in [-0.2, -0.15) is 0 Å². The van der Waals surface area contributed by atoms with Gasteiger partial charge in [0.25, 0.3) is 0 Å². The first kappa shape index (κ1) is 23.7. The lowest BCUT2D eigenvalue weighted by atomic mass is 10.0. The topological polar surface area (TPSA) is 41.9 Å². The van der Waals surface area contributed by atoms with Crippen LogP contribution in [0.25, 0.3) is 0 Å². The summed E-state index contributed by atoms with van der Waals surface area (Å²) in [6, 6.07) is 13.4. The Bertz CT molecular complexity index is 763. The minimum Gasteiger partial charge on any atom is -0.489 e. The first-order valence-corrected chi connectivity index (χ1v) is 10.4. The van der Waals surface area contributed by atoms with Gasteiger partial charge < -0.3 is 14.6 Å². The van der Waals surface area contributed by atoms with Gasteiger partial charge in [-0.1, -0.05) is 51.3 Å². The standard InChI is InChI=1S/C20H22BrCl2NO3.ClH/c1-13-20(14-2-4-15(21)5-3-14)26-9-8-24(13)11-17(25)12-27-19-7-6-16(22)10-18(19)23;/h2-7,10,13,17,20,25H,8-9,11-12H2,1H3;1H. The van der Waals surface area contributed by atoms with E-state index in [4.69, 9.17) is 32.7 Å². The number of hydrogen-bond acceptors (Lipinski definition) is 4. The predicted molar refractivity (Wildman–Crippen MR) is 119 cm³/mol. The Morgan fingerprint density at radius 2 is 1.96 bits per heavy atom. The van der Waals surface area contributed by atoms with Crippen molar-refractivity contribution in [2.24, 2.45) is 0 Å². The van der Waals surface area contributed by atoms with Gasteiger partial charge >= 0.3 is 0 Å². The Kier molecular flexibility index (Phi) is 9.35. The third-order valence-electron chi connectivity index (χ3n) is 4.66. The van der Waals surface area contributed by atoms with Crippen molar-refractivity contribution >= 4 is 51.5 Å². The molecule has 28 heavy (non-hydrogen) atoms. The molecule has 4 nitrogen and oxygen atoms in total. The summed E-state index contributed by atoms with van der Waals surface area (Å²) in [7, 11) is 0. The summed E-state index contributed by atoms with van der Waals surface area (Å²) < 4.78 is 12.7. The number of morpholine rings is 1. The number of nitrogens with zero attached hydrogens (tertiary/aromatic N) is 1. The molecule has 3 rings (SSSR count). The van der Waals surface area contributed by atoms with Crippen molar-refractivity contribution in [3.63, 3.8) is 0 Å². The fourth-order valence-corrected chi connectivity index (χ4v) is 3.95. The van der Waals surface area contributed by atoms with Gasteiger partial charge in [-0.25, -0.2) is 0 Å². The predicted octanol–water partition coefficient (Wildman–Crippen LogP) is 5.38. The van der Waals surface area contributed by atoms with Gasteiger partial charge in [0.05, 0.1) is 17.7 Å². The van der Waals surface area contributed by atoms with E-state index in [-0.39, 0.29) is 31.2 Å². The molecule has 0 aliphatic carbocycles. The van der Waals surface area contributed by atoms with Gasteiger partial charge in [-0.3, -0.25) is 4.90 Å². The van der Waals surface area contributed by atoms with Crippen LogP contribution in [-0.2, 0) is 4.74 Å². The molecule has 2 aromatic carbocycles. The van der Waals surface area contributed by atoms with Crippen LogP contribution in [0, 0.1) is 0 Å². The molecule has 0 aromatic heterocycles. The lowest BCUT2D eigenvalue weighted by molar-refractivity contribution is -0.0804. The molecule has 1 heterocycles. The Morgan fingerprint density at radius 1 is 1.25 bits per heavy atom. The zero-order valence-corrected chi connectivity index (χ0v) is 19.3. The summed E-state index contributed by atoms with van der Waals surface area (Å²) >= 11 is 15.5. The van der Waals surface area contributed by atoms with Crippen molar-refractivity contribution in [1.82, 2.24) is 4.90 Å². The summed E-state index contributed by atoms with van der Waals surface area (Å²) in [4.78, 5) is 2.23.